The topological polar surface area (TPSA) is 96.5 Å². The van der Waals surface area contributed by atoms with Crippen LogP contribution in [-0.4, -0.2) is 30.1 Å². The quantitative estimate of drug-likeness (QED) is 0.714. The Hall–Kier alpha value is -3.35. The molecular formula is C21H25N3O4. The van der Waals surface area contributed by atoms with Gasteiger partial charge in [-0.1, -0.05) is 30.3 Å². The number of carbonyl (C=O) groups excluding carboxylic acids is 3. The van der Waals surface area contributed by atoms with E-state index in [1.807, 2.05) is 18.2 Å². The molecule has 0 aliphatic rings. The average molecular weight is 383 g/mol. The van der Waals surface area contributed by atoms with Crippen LogP contribution >= 0.6 is 0 Å². The molecule has 0 aliphatic heterocycles. The number of hydrogen-bond acceptors (Lipinski definition) is 4. The highest BCUT2D eigenvalue weighted by molar-refractivity contribution is 6.04. The van der Waals surface area contributed by atoms with Gasteiger partial charge in [0.15, 0.2) is 0 Å². The number of carbonyl (C=O) groups is 3. The number of hydrogen-bond donors (Lipinski definition) is 3. The van der Waals surface area contributed by atoms with Gasteiger partial charge in [-0.25, -0.2) is 4.79 Å². The number of ether oxygens (including phenoxy) is 1. The van der Waals surface area contributed by atoms with E-state index in [9.17, 15) is 14.4 Å². The lowest BCUT2D eigenvalue weighted by atomic mass is 10.2. The number of nitrogens with one attached hydrogen (secondary N) is 3. The van der Waals surface area contributed by atoms with Crippen molar-refractivity contribution < 1.29 is 19.1 Å². The van der Waals surface area contributed by atoms with E-state index in [0.29, 0.717) is 17.8 Å². The average Bonchev–Trinajstić information content (AvgIpc) is 2.65. The van der Waals surface area contributed by atoms with Gasteiger partial charge in [-0.3, -0.25) is 9.59 Å². The van der Waals surface area contributed by atoms with Gasteiger partial charge in [-0.15, -0.1) is 0 Å². The molecule has 0 atom stereocenters. The van der Waals surface area contributed by atoms with Gasteiger partial charge in [0.1, 0.15) is 12.1 Å². The minimum atomic E-state index is -0.638. The molecule has 0 aromatic heterocycles. The van der Waals surface area contributed by atoms with Crippen LogP contribution in [0.5, 0.6) is 0 Å². The fourth-order valence-corrected chi connectivity index (χ4v) is 2.23. The van der Waals surface area contributed by atoms with Gasteiger partial charge < -0.3 is 20.7 Å². The summed E-state index contributed by atoms with van der Waals surface area (Å²) in [6.07, 6.45) is -0.638. The molecule has 7 heteroatoms. The highest BCUT2D eigenvalue weighted by atomic mass is 16.6. The number of anilines is 1. The maximum Gasteiger partial charge on any atom is 0.408 e. The third kappa shape index (κ3) is 7.49. The number of benzene rings is 2. The highest BCUT2D eigenvalue weighted by Crippen LogP contribution is 2.11. The maximum atomic E-state index is 12.1. The second-order valence-corrected chi connectivity index (χ2v) is 7.15. The van der Waals surface area contributed by atoms with Gasteiger partial charge in [-0.05, 0) is 50.6 Å². The van der Waals surface area contributed by atoms with Gasteiger partial charge in [0.05, 0.1) is 0 Å². The number of amides is 3. The molecule has 2 aromatic carbocycles. The van der Waals surface area contributed by atoms with Gasteiger partial charge >= 0.3 is 6.09 Å². The summed E-state index contributed by atoms with van der Waals surface area (Å²) in [4.78, 5) is 35.4. The van der Waals surface area contributed by atoms with Crippen molar-refractivity contribution in [3.8, 4) is 0 Å². The summed E-state index contributed by atoms with van der Waals surface area (Å²) in [7, 11) is 0. The van der Waals surface area contributed by atoms with Crippen LogP contribution in [0.2, 0.25) is 0 Å². The molecule has 0 saturated carbocycles. The molecule has 148 valence electrons. The largest absolute Gasteiger partial charge is 0.444 e. The molecule has 28 heavy (non-hydrogen) atoms. The van der Waals surface area contributed by atoms with Crippen LogP contribution in [0.3, 0.4) is 0 Å². The van der Waals surface area contributed by atoms with Gasteiger partial charge in [0.25, 0.3) is 5.91 Å². The second kappa shape index (κ2) is 9.55. The Labute approximate surface area is 164 Å². The minimum absolute atomic E-state index is 0.167. The van der Waals surface area contributed by atoms with E-state index in [0.717, 1.165) is 5.56 Å². The highest BCUT2D eigenvalue weighted by Gasteiger charge is 2.16. The number of alkyl carbamates (subject to hydrolysis) is 1. The summed E-state index contributed by atoms with van der Waals surface area (Å²) in [5, 5.41) is 7.92. The molecule has 0 fully saturated rings. The zero-order valence-corrected chi connectivity index (χ0v) is 16.2. The standard InChI is InChI=1S/C21H25N3O4/c1-21(2,3)28-20(27)23-14-18(25)22-13-15-9-11-17(12-10-15)24-19(26)16-7-5-4-6-8-16/h4-12H,13-14H2,1-3H3,(H,22,25)(H,23,27)(H,24,26). The van der Waals surface area contributed by atoms with Crippen molar-refractivity contribution in [1.82, 2.24) is 10.6 Å². The molecule has 7 nitrogen and oxygen atoms in total. The predicted molar refractivity (Wildman–Crippen MR) is 107 cm³/mol. The van der Waals surface area contributed by atoms with Crippen LogP contribution in [0.15, 0.2) is 54.6 Å². The van der Waals surface area contributed by atoms with E-state index in [4.69, 9.17) is 4.74 Å². The van der Waals surface area contributed by atoms with Crippen LogP contribution in [0.1, 0.15) is 36.7 Å². The Morgan fingerprint density at radius 2 is 1.54 bits per heavy atom. The summed E-state index contributed by atoms with van der Waals surface area (Å²) in [6.45, 7) is 5.39. The Bertz CT molecular complexity index is 812. The van der Waals surface area contributed by atoms with Crippen molar-refractivity contribution in [1.29, 1.82) is 0 Å². The van der Waals surface area contributed by atoms with Crippen molar-refractivity contribution in [2.75, 3.05) is 11.9 Å². The van der Waals surface area contributed by atoms with Crippen molar-refractivity contribution in [3.63, 3.8) is 0 Å². The first kappa shape index (κ1) is 21.0. The SMILES string of the molecule is CC(C)(C)OC(=O)NCC(=O)NCc1ccc(NC(=O)c2ccccc2)cc1. The van der Waals surface area contributed by atoms with E-state index in [-0.39, 0.29) is 18.4 Å². The Kier molecular flexibility index (Phi) is 7.14. The Morgan fingerprint density at radius 3 is 2.14 bits per heavy atom. The summed E-state index contributed by atoms with van der Waals surface area (Å²) in [5.41, 5.74) is 1.49. The van der Waals surface area contributed by atoms with Crippen LogP contribution in [0.4, 0.5) is 10.5 Å². The lowest BCUT2D eigenvalue weighted by Crippen LogP contribution is -2.39. The first-order valence-electron chi connectivity index (χ1n) is 8.92. The summed E-state index contributed by atoms with van der Waals surface area (Å²) >= 11 is 0. The van der Waals surface area contributed by atoms with Crippen LogP contribution in [-0.2, 0) is 16.1 Å². The summed E-state index contributed by atoms with van der Waals surface area (Å²) in [5.74, 6) is -0.512. The zero-order valence-electron chi connectivity index (χ0n) is 16.2. The van der Waals surface area contributed by atoms with E-state index in [1.54, 1.807) is 57.2 Å². The van der Waals surface area contributed by atoms with Crippen molar-refractivity contribution in [2.24, 2.45) is 0 Å². The van der Waals surface area contributed by atoms with Crippen molar-refractivity contribution in [2.45, 2.75) is 32.9 Å². The monoisotopic (exact) mass is 383 g/mol. The molecule has 0 heterocycles. The van der Waals surface area contributed by atoms with Crippen LogP contribution in [0.25, 0.3) is 0 Å². The zero-order chi connectivity index (χ0) is 20.6. The minimum Gasteiger partial charge on any atom is -0.444 e. The van der Waals surface area contributed by atoms with Crippen LogP contribution < -0.4 is 16.0 Å². The molecule has 0 aliphatic carbocycles. The fraction of sp³-hybridized carbons (Fsp3) is 0.286. The third-order valence-electron chi connectivity index (χ3n) is 3.53. The molecule has 0 radical (unpaired) electrons. The normalized spacial score (nSPS) is 10.7. The molecule has 0 saturated heterocycles. The van der Waals surface area contributed by atoms with Gasteiger partial charge in [0.2, 0.25) is 5.91 Å². The van der Waals surface area contributed by atoms with Gasteiger partial charge in [-0.2, -0.15) is 0 Å². The van der Waals surface area contributed by atoms with Gasteiger partial charge in [0, 0.05) is 17.8 Å². The molecule has 3 amide bonds. The third-order valence-corrected chi connectivity index (χ3v) is 3.53. The van der Waals surface area contributed by atoms with Crippen LogP contribution in [0, 0.1) is 0 Å². The maximum absolute atomic E-state index is 12.1. The van der Waals surface area contributed by atoms with Crippen molar-refractivity contribution >= 4 is 23.6 Å². The lowest BCUT2D eigenvalue weighted by molar-refractivity contribution is -0.120. The first-order valence-corrected chi connectivity index (χ1v) is 8.92. The van der Waals surface area contributed by atoms with E-state index < -0.39 is 11.7 Å². The Morgan fingerprint density at radius 1 is 0.893 bits per heavy atom. The van der Waals surface area contributed by atoms with E-state index in [1.165, 1.54) is 0 Å². The molecular weight excluding hydrogens is 358 g/mol. The second-order valence-electron chi connectivity index (χ2n) is 7.15. The molecule has 0 bridgehead atoms. The number of rotatable bonds is 6. The first-order chi connectivity index (χ1) is 13.2. The summed E-state index contributed by atoms with van der Waals surface area (Å²) < 4.78 is 5.06. The molecule has 2 rings (SSSR count). The predicted octanol–water partition coefficient (Wildman–Crippen LogP) is 3.08. The smallest absolute Gasteiger partial charge is 0.408 e. The van der Waals surface area contributed by atoms with Crippen molar-refractivity contribution in [3.05, 3.63) is 65.7 Å². The molecule has 0 spiro atoms. The molecule has 0 unspecified atom stereocenters. The molecule has 3 N–H and O–H groups in total. The molecule has 2 aromatic rings. The summed E-state index contributed by atoms with van der Waals surface area (Å²) in [6, 6.07) is 16.1. The lowest BCUT2D eigenvalue weighted by Gasteiger charge is -2.19. The Balaban J connectivity index is 1.75. The van der Waals surface area contributed by atoms with E-state index in [2.05, 4.69) is 16.0 Å². The van der Waals surface area contributed by atoms with E-state index >= 15 is 0 Å². The fourth-order valence-electron chi connectivity index (χ4n) is 2.23.